The average molecular weight is 542 g/mol. The molecule has 176 valence electrons. The number of hydrazone groups is 1. The Morgan fingerprint density at radius 2 is 1.74 bits per heavy atom. The number of amides is 2. The Hall–Kier alpha value is -3.30. The molecule has 0 saturated carbocycles. The fraction of sp³-hybridized carbons (Fsp3) is 0.160. The summed E-state index contributed by atoms with van der Waals surface area (Å²) in [5.74, 6) is 1.89. The highest BCUT2D eigenvalue weighted by atomic mass is 79.9. The van der Waals surface area contributed by atoms with E-state index >= 15 is 0 Å². The normalized spacial score (nSPS) is 10.6. The highest BCUT2D eigenvalue weighted by molar-refractivity contribution is 9.10. The van der Waals surface area contributed by atoms with Crippen LogP contribution in [-0.4, -0.2) is 37.5 Å². The Morgan fingerprint density at radius 1 is 1.00 bits per heavy atom. The third-order valence-electron chi connectivity index (χ3n) is 4.42. The SMILES string of the molecule is COc1ccc(NC(=O)COc2ccc(/C=N\NC(=O)CSCc3cccc(Br)c3)cc2)cc1. The van der Waals surface area contributed by atoms with Crippen molar-refractivity contribution in [3.8, 4) is 11.5 Å². The fourth-order valence-corrected chi connectivity index (χ4v) is 3.98. The molecule has 0 unspecified atom stereocenters. The molecule has 0 radical (unpaired) electrons. The molecule has 0 aliphatic rings. The van der Waals surface area contributed by atoms with Crippen molar-refractivity contribution in [2.75, 3.05) is 24.8 Å². The highest BCUT2D eigenvalue weighted by Gasteiger charge is 2.05. The Labute approximate surface area is 211 Å². The minimum Gasteiger partial charge on any atom is -0.497 e. The zero-order valence-corrected chi connectivity index (χ0v) is 20.9. The van der Waals surface area contributed by atoms with E-state index in [4.69, 9.17) is 9.47 Å². The van der Waals surface area contributed by atoms with Gasteiger partial charge in [-0.25, -0.2) is 5.43 Å². The molecule has 0 fully saturated rings. The van der Waals surface area contributed by atoms with Gasteiger partial charge in [0, 0.05) is 15.9 Å². The Kier molecular flexibility index (Phi) is 9.99. The first kappa shape index (κ1) is 25.3. The maximum absolute atomic E-state index is 12.1. The first-order chi connectivity index (χ1) is 16.5. The molecule has 0 bridgehead atoms. The largest absolute Gasteiger partial charge is 0.497 e. The topological polar surface area (TPSA) is 89.0 Å². The Morgan fingerprint density at radius 3 is 2.44 bits per heavy atom. The third-order valence-corrected chi connectivity index (χ3v) is 5.91. The van der Waals surface area contributed by atoms with Crippen molar-refractivity contribution in [2.45, 2.75) is 5.75 Å². The van der Waals surface area contributed by atoms with Crippen LogP contribution in [0.3, 0.4) is 0 Å². The molecular weight excluding hydrogens is 518 g/mol. The molecule has 7 nitrogen and oxygen atoms in total. The monoisotopic (exact) mass is 541 g/mol. The third kappa shape index (κ3) is 8.92. The van der Waals surface area contributed by atoms with Crippen LogP contribution in [0.15, 0.2) is 82.4 Å². The van der Waals surface area contributed by atoms with Crippen LogP contribution in [0.4, 0.5) is 5.69 Å². The maximum atomic E-state index is 12.1. The van der Waals surface area contributed by atoms with E-state index in [2.05, 4.69) is 31.8 Å². The molecule has 3 aromatic rings. The van der Waals surface area contributed by atoms with E-state index in [0.717, 1.165) is 21.4 Å². The molecule has 0 atom stereocenters. The van der Waals surface area contributed by atoms with E-state index in [9.17, 15) is 9.59 Å². The minimum absolute atomic E-state index is 0.118. The molecule has 0 heterocycles. The lowest BCUT2D eigenvalue weighted by molar-refractivity contribution is -0.119. The van der Waals surface area contributed by atoms with Crippen molar-refractivity contribution >= 4 is 51.4 Å². The summed E-state index contributed by atoms with van der Waals surface area (Å²) in [6.07, 6.45) is 1.55. The number of nitrogens with one attached hydrogen (secondary N) is 2. The van der Waals surface area contributed by atoms with Gasteiger partial charge in [0.15, 0.2) is 6.61 Å². The molecule has 0 saturated heterocycles. The van der Waals surface area contributed by atoms with Crippen LogP contribution in [-0.2, 0) is 15.3 Å². The molecule has 0 aliphatic heterocycles. The number of nitrogens with zero attached hydrogens (tertiary/aromatic N) is 1. The summed E-state index contributed by atoms with van der Waals surface area (Å²) < 4.78 is 11.6. The molecule has 0 aliphatic carbocycles. The molecule has 9 heteroatoms. The van der Waals surface area contributed by atoms with Gasteiger partial charge in [0.1, 0.15) is 11.5 Å². The number of carbonyl (C=O) groups excluding carboxylic acids is 2. The number of methoxy groups -OCH3 is 1. The molecule has 3 aromatic carbocycles. The van der Waals surface area contributed by atoms with Crippen LogP contribution >= 0.6 is 27.7 Å². The van der Waals surface area contributed by atoms with Crippen LogP contribution in [0.2, 0.25) is 0 Å². The number of hydrogen-bond donors (Lipinski definition) is 2. The second-order valence-corrected chi connectivity index (χ2v) is 8.95. The fourth-order valence-electron chi connectivity index (χ4n) is 2.77. The first-order valence-electron chi connectivity index (χ1n) is 10.3. The maximum Gasteiger partial charge on any atom is 0.262 e. The number of halogens is 1. The van der Waals surface area contributed by atoms with Crippen molar-refractivity contribution in [3.05, 3.63) is 88.4 Å². The van der Waals surface area contributed by atoms with Gasteiger partial charge in [-0.3, -0.25) is 9.59 Å². The number of rotatable bonds is 11. The number of hydrogen-bond acceptors (Lipinski definition) is 6. The molecule has 0 aromatic heterocycles. The predicted molar refractivity (Wildman–Crippen MR) is 140 cm³/mol. The quantitative estimate of drug-likeness (QED) is 0.267. The van der Waals surface area contributed by atoms with Crippen LogP contribution in [0, 0.1) is 0 Å². The van der Waals surface area contributed by atoms with Crippen molar-refractivity contribution < 1.29 is 19.1 Å². The van der Waals surface area contributed by atoms with Gasteiger partial charge in [0.05, 0.1) is 19.1 Å². The van der Waals surface area contributed by atoms with Gasteiger partial charge >= 0.3 is 0 Å². The molecule has 34 heavy (non-hydrogen) atoms. The molecular formula is C25H24BrN3O4S. The van der Waals surface area contributed by atoms with E-state index in [1.54, 1.807) is 61.9 Å². The first-order valence-corrected chi connectivity index (χ1v) is 12.3. The lowest BCUT2D eigenvalue weighted by atomic mass is 10.2. The van der Waals surface area contributed by atoms with Gasteiger partial charge in [-0.15, -0.1) is 11.8 Å². The summed E-state index contributed by atoms with van der Waals surface area (Å²) >= 11 is 4.96. The van der Waals surface area contributed by atoms with Gasteiger partial charge in [0.2, 0.25) is 5.91 Å². The zero-order valence-electron chi connectivity index (χ0n) is 18.5. The van der Waals surface area contributed by atoms with Gasteiger partial charge in [-0.05, 0) is 71.8 Å². The lowest BCUT2D eigenvalue weighted by Gasteiger charge is -2.08. The number of carbonyl (C=O) groups is 2. The number of anilines is 1. The van der Waals surface area contributed by atoms with Crippen molar-refractivity contribution in [3.63, 3.8) is 0 Å². The summed E-state index contributed by atoms with van der Waals surface area (Å²) in [6, 6.07) is 22.1. The number of thioether (sulfide) groups is 1. The summed E-state index contributed by atoms with van der Waals surface area (Å²) in [6.45, 7) is -0.118. The Balaban J connectivity index is 1.35. The standard InChI is InChI=1S/C25H24BrN3O4S/c1-32-22-11-7-21(8-12-22)28-24(30)15-33-23-9-5-18(6-10-23)14-27-29-25(31)17-34-16-19-3-2-4-20(26)13-19/h2-14H,15-17H2,1H3,(H,28,30)(H,29,31)/b27-14-. The van der Waals surface area contributed by atoms with E-state index in [0.29, 0.717) is 22.9 Å². The summed E-state index contributed by atoms with van der Waals surface area (Å²) in [5, 5.41) is 6.74. The smallest absolute Gasteiger partial charge is 0.262 e. The van der Waals surface area contributed by atoms with E-state index in [1.165, 1.54) is 11.8 Å². The Bertz CT molecular complexity index is 1120. The van der Waals surface area contributed by atoms with E-state index < -0.39 is 0 Å². The van der Waals surface area contributed by atoms with Crippen LogP contribution in [0.25, 0.3) is 0 Å². The van der Waals surface area contributed by atoms with Crippen molar-refractivity contribution in [1.29, 1.82) is 0 Å². The second kappa shape index (κ2) is 13.4. The zero-order chi connectivity index (χ0) is 24.2. The highest BCUT2D eigenvalue weighted by Crippen LogP contribution is 2.17. The average Bonchev–Trinajstić information content (AvgIpc) is 2.84. The van der Waals surface area contributed by atoms with Crippen molar-refractivity contribution in [2.24, 2.45) is 5.10 Å². The van der Waals surface area contributed by atoms with Gasteiger partial charge < -0.3 is 14.8 Å². The van der Waals surface area contributed by atoms with E-state index in [1.807, 2.05) is 24.3 Å². The van der Waals surface area contributed by atoms with Gasteiger partial charge in [-0.1, -0.05) is 28.1 Å². The van der Waals surface area contributed by atoms with Crippen LogP contribution < -0.4 is 20.2 Å². The second-order valence-electron chi connectivity index (χ2n) is 7.05. The van der Waals surface area contributed by atoms with Gasteiger partial charge in [0.25, 0.3) is 5.91 Å². The number of benzene rings is 3. The predicted octanol–water partition coefficient (Wildman–Crippen LogP) is 4.86. The van der Waals surface area contributed by atoms with Gasteiger partial charge in [-0.2, -0.15) is 5.10 Å². The minimum atomic E-state index is -0.267. The number of ether oxygens (including phenoxy) is 2. The lowest BCUT2D eigenvalue weighted by Crippen LogP contribution is -2.20. The molecule has 2 amide bonds. The molecule has 3 rings (SSSR count). The van der Waals surface area contributed by atoms with Crippen LogP contribution in [0.5, 0.6) is 11.5 Å². The summed E-state index contributed by atoms with van der Waals surface area (Å²) in [7, 11) is 1.58. The summed E-state index contributed by atoms with van der Waals surface area (Å²) in [4.78, 5) is 24.0. The van der Waals surface area contributed by atoms with Crippen LogP contribution in [0.1, 0.15) is 11.1 Å². The van der Waals surface area contributed by atoms with Crippen molar-refractivity contribution in [1.82, 2.24) is 5.43 Å². The molecule has 0 spiro atoms. The molecule has 2 N–H and O–H groups in total. The summed E-state index contributed by atoms with van der Waals surface area (Å²) in [5.41, 5.74) is 5.12. The van der Waals surface area contributed by atoms with E-state index in [-0.39, 0.29) is 18.4 Å².